The highest BCUT2D eigenvalue weighted by atomic mass is 19.2. The van der Waals surface area contributed by atoms with E-state index in [-0.39, 0.29) is 35.7 Å². The summed E-state index contributed by atoms with van der Waals surface area (Å²) in [5.74, 6) is -5.92. The molecule has 0 bridgehead atoms. The Morgan fingerprint density at radius 3 is 2.67 bits per heavy atom. The Labute approximate surface area is 181 Å². The number of carbonyl (C=O) groups excluding carboxylic acids is 1. The van der Waals surface area contributed by atoms with E-state index in [0.717, 1.165) is 0 Å². The van der Waals surface area contributed by atoms with Crippen molar-refractivity contribution < 1.29 is 36.4 Å². The molecule has 1 saturated heterocycles. The molecular weight excluding hydrogens is 397 g/mol. The molecule has 2 aromatic rings. The number of phenols is 1. The highest BCUT2D eigenvalue weighted by molar-refractivity contribution is 5.79. The molecule has 0 aromatic heterocycles. The molecule has 0 unspecified atom stereocenters. The molecule has 0 radical (unpaired) electrons. The number of likely N-dealkylation sites (tertiary alicyclic amines) is 1. The zero-order chi connectivity index (χ0) is 27.1. The number of aromatic hydroxyl groups is 1. The van der Waals surface area contributed by atoms with E-state index in [1.807, 2.05) is 0 Å². The molecule has 30 heavy (non-hydrogen) atoms. The van der Waals surface area contributed by atoms with Crippen molar-refractivity contribution in [3.8, 4) is 5.75 Å². The van der Waals surface area contributed by atoms with E-state index >= 15 is 0 Å². The average Bonchev–Trinajstić information content (AvgIpc) is 2.75. The maximum Gasteiger partial charge on any atom is 0.227 e. The lowest BCUT2D eigenvalue weighted by atomic mass is 9.75. The van der Waals surface area contributed by atoms with E-state index in [4.69, 9.17) is 8.22 Å². The van der Waals surface area contributed by atoms with Crippen molar-refractivity contribution in [3.63, 3.8) is 0 Å². The summed E-state index contributed by atoms with van der Waals surface area (Å²) in [6.07, 6.45) is -0.800. The molecule has 1 aliphatic heterocycles. The number of halogens is 3. The highest BCUT2D eigenvalue weighted by Crippen LogP contribution is 2.39. The Morgan fingerprint density at radius 2 is 1.97 bits per heavy atom. The SMILES string of the molecule is [2H]C([2H])([2H])N(C[C@@H]1CN(C(=O)Cc2cc(F)c(F)cc2F)CC[C@@]1(O)c1cccc(O)c1)C([2H])([2H])[2H]. The van der Waals surface area contributed by atoms with E-state index in [0.29, 0.717) is 12.1 Å². The minimum atomic E-state index is -3.06. The molecule has 1 heterocycles. The van der Waals surface area contributed by atoms with E-state index in [1.165, 1.54) is 29.2 Å². The summed E-state index contributed by atoms with van der Waals surface area (Å²) in [6, 6.07) is 6.44. The van der Waals surface area contributed by atoms with Crippen LogP contribution in [0.5, 0.6) is 5.75 Å². The second-order valence-electron chi connectivity index (χ2n) is 7.41. The minimum Gasteiger partial charge on any atom is -0.508 e. The van der Waals surface area contributed by atoms with Gasteiger partial charge in [-0.25, -0.2) is 13.2 Å². The summed E-state index contributed by atoms with van der Waals surface area (Å²) in [4.78, 5) is 14.4. The first-order valence-corrected chi connectivity index (χ1v) is 9.23. The molecule has 2 aromatic carbocycles. The zero-order valence-corrected chi connectivity index (χ0v) is 15.9. The molecule has 162 valence electrons. The molecular formula is C22H25F3N2O3. The number of nitrogens with zero attached hydrogens (tertiary/aromatic N) is 2. The molecule has 2 atom stereocenters. The van der Waals surface area contributed by atoms with Crippen molar-refractivity contribution in [1.82, 2.24) is 9.80 Å². The van der Waals surface area contributed by atoms with Crippen LogP contribution in [0.15, 0.2) is 36.4 Å². The number of piperidine rings is 1. The summed E-state index contributed by atoms with van der Waals surface area (Å²) >= 11 is 0. The molecule has 2 N–H and O–H groups in total. The number of aliphatic hydroxyl groups is 1. The van der Waals surface area contributed by atoms with E-state index < -0.39 is 67.4 Å². The van der Waals surface area contributed by atoms with Crippen LogP contribution in [-0.2, 0) is 16.8 Å². The predicted octanol–water partition coefficient (Wildman–Crippen LogP) is 2.65. The Morgan fingerprint density at radius 1 is 1.23 bits per heavy atom. The quantitative estimate of drug-likeness (QED) is 0.719. The molecule has 0 aliphatic carbocycles. The maximum absolute atomic E-state index is 14.1. The number of hydrogen-bond acceptors (Lipinski definition) is 4. The van der Waals surface area contributed by atoms with Gasteiger partial charge in [0.2, 0.25) is 5.91 Å². The van der Waals surface area contributed by atoms with Crippen LogP contribution in [-0.4, -0.2) is 59.5 Å². The first kappa shape index (κ1) is 15.3. The zero-order valence-electron chi connectivity index (χ0n) is 21.9. The van der Waals surface area contributed by atoms with Gasteiger partial charge >= 0.3 is 0 Å². The Bertz CT molecular complexity index is 1120. The van der Waals surface area contributed by atoms with E-state index in [2.05, 4.69) is 0 Å². The lowest BCUT2D eigenvalue weighted by molar-refractivity contribution is -0.141. The van der Waals surface area contributed by atoms with E-state index in [9.17, 15) is 28.2 Å². The van der Waals surface area contributed by atoms with Crippen LogP contribution in [0.2, 0.25) is 0 Å². The molecule has 8 heteroatoms. The van der Waals surface area contributed by atoms with Crippen molar-refractivity contribution >= 4 is 5.91 Å². The van der Waals surface area contributed by atoms with Crippen molar-refractivity contribution in [1.29, 1.82) is 0 Å². The number of phenolic OH excluding ortho intramolecular Hbond substituents is 1. The van der Waals surface area contributed by atoms with Gasteiger partial charge in [0.1, 0.15) is 11.6 Å². The molecule has 5 nitrogen and oxygen atoms in total. The largest absolute Gasteiger partial charge is 0.508 e. The summed E-state index contributed by atoms with van der Waals surface area (Å²) in [7, 11) is 0. The first-order chi connectivity index (χ1) is 16.5. The average molecular weight is 428 g/mol. The van der Waals surface area contributed by atoms with Crippen LogP contribution in [0.25, 0.3) is 0 Å². The topological polar surface area (TPSA) is 64.0 Å². The van der Waals surface area contributed by atoms with Gasteiger partial charge in [-0.2, -0.15) is 0 Å². The summed E-state index contributed by atoms with van der Waals surface area (Å²) in [5.41, 5.74) is -2.02. The van der Waals surface area contributed by atoms with Gasteiger partial charge in [-0.05, 0) is 44.1 Å². The Hall–Kier alpha value is -2.58. The van der Waals surface area contributed by atoms with Gasteiger partial charge in [0, 0.05) is 45.4 Å². The first-order valence-electron chi connectivity index (χ1n) is 12.2. The third-order valence-electron chi connectivity index (χ3n) is 5.41. The van der Waals surface area contributed by atoms with Crippen molar-refractivity contribution in [2.24, 2.45) is 5.92 Å². The Kier molecular flexibility index (Phi) is 4.40. The van der Waals surface area contributed by atoms with Crippen LogP contribution >= 0.6 is 0 Å². The normalized spacial score (nSPS) is 25.6. The number of benzene rings is 2. The molecule has 1 amide bonds. The third-order valence-corrected chi connectivity index (χ3v) is 5.41. The lowest BCUT2D eigenvalue weighted by Crippen LogP contribution is -2.54. The van der Waals surface area contributed by atoms with Gasteiger partial charge in [0.15, 0.2) is 11.6 Å². The van der Waals surface area contributed by atoms with Crippen LogP contribution in [0.4, 0.5) is 13.2 Å². The van der Waals surface area contributed by atoms with Crippen LogP contribution < -0.4 is 0 Å². The monoisotopic (exact) mass is 428 g/mol. The van der Waals surface area contributed by atoms with E-state index in [1.54, 1.807) is 0 Å². The number of rotatable bonds is 5. The fraction of sp³-hybridized carbons (Fsp3) is 0.409. The number of carbonyl (C=O) groups is 1. The predicted molar refractivity (Wildman–Crippen MR) is 105 cm³/mol. The standard InChI is InChI=1S/C22H25F3N2O3/c1-26(2)12-16-13-27(7-6-22(16,30)15-4-3-5-17(28)10-15)21(29)9-14-8-19(24)20(25)11-18(14)23/h3-5,8,10-11,16,28,30H,6-7,9,12-13H2,1-2H3/t16-,22-/m1/s1/i1D3,2D3. The second kappa shape index (κ2) is 8.65. The van der Waals surface area contributed by atoms with Gasteiger partial charge in [0.05, 0.1) is 12.0 Å². The second-order valence-corrected chi connectivity index (χ2v) is 7.41. The van der Waals surface area contributed by atoms with Crippen molar-refractivity contribution in [3.05, 3.63) is 65.0 Å². The molecule has 1 fully saturated rings. The maximum atomic E-state index is 14.1. The van der Waals surface area contributed by atoms with Gasteiger partial charge in [-0.3, -0.25) is 4.79 Å². The van der Waals surface area contributed by atoms with Gasteiger partial charge in [0.25, 0.3) is 0 Å². The van der Waals surface area contributed by atoms with Crippen molar-refractivity contribution in [2.75, 3.05) is 33.6 Å². The molecule has 3 rings (SSSR count). The molecule has 0 spiro atoms. The number of amides is 1. The van der Waals surface area contributed by atoms with Crippen LogP contribution in [0.3, 0.4) is 0 Å². The fourth-order valence-corrected chi connectivity index (χ4v) is 3.80. The Balaban J connectivity index is 1.94. The van der Waals surface area contributed by atoms with Crippen LogP contribution in [0.1, 0.15) is 25.8 Å². The minimum absolute atomic E-state index is 0.0890. The summed E-state index contributed by atoms with van der Waals surface area (Å²) < 4.78 is 86.9. The smallest absolute Gasteiger partial charge is 0.227 e. The summed E-state index contributed by atoms with van der Waals surface area (Å²) in [6.45, 7) is -7.21. The molecule has 1 aliphatic rings. The number of hydrogen-bond donors (Lipinski definition) is 2. The fourth-order valence-electron chi connectivity index (χ4n) is 3.80. The highest BCUT2D eigenvalue weighted by Gasteiger charge is 2.44. The summed E-state index contributed by atoms with van der Waals surface area (Å²) in [5, 5.41) is 21.5. The lowest BCUT2D eigenvalue weighted by Gasteiger charge is -2.46. The van der Waals surface area contributed by atoms with Gasteiger partial charge in [-0.15, -0.1) is 0 Å². The molecule has 0 saturated carbocycles. The van der Waals surface area contributed by atoms with Crippen LogP contribution in [0, 0.1) is 23.4 Å². The van der Waals surface area contributed by atoms with Gasteiger partial charge in [-0.1, -0.05) is 12.1 Å². The third kappa shape index (κ3) is 4.60. The van der Waals surface area contributed by atoms with Gasteiger partial charge < -0.3 is 20.0 Å². The van der Waals surface area contributed by atoms with Crippen molar-refractivity contribution in [2.45, 2.75) is 18.4 Å².